The van der Waals surface area contributed by atoms with E-state index in [9.17, 15) is 14.7 Å². The second-order valence-electron chi connectivity index (χ2n) is 7.06. The highest BCUT2D eigenvalue weighted by molar-refractivity contribution is 8.18. The first-order valence-corrected chi connectivity index (χ1v) is 12.2. The van der Waals surface area contributed by atoms with Gasteiger partial charge in [-0.15, -0.1) is 0 Å². The Labute approximate surface area is 219 Å². The molecule has 0 aliphatic carbocycles. The Bertz CT molecular complexity index is 1420. The molecule has 6 nitrogen and oxygen atoms in total. The van der Waals surface area contributed by atoms with Gasteiger partial charge in [-0.05, 0) is 49.4 Å². The van der Waals surface area contributed by atoms with Crippen molar-refractivity contribution in [2.24, 2.45) is 4.99 Å². The Morgan fingerprint density at radius 1 is 1.06 bits per heavy atom. The number of hydrogen-bond acceptors (Lipinski definition) is 6. The van der Waals surface area contributed by atoms with Crippen molar-refractivity contribution >= 4 is 69.6 Å². The molecule has 10 heteroatoms. The summed E-state index contributed by atoms with van der Waals surface area (Å²) in [5, 5.41) is 11.7. The van der Waals surface area contributed by atoms with Crippen molar-refractivity contribution in [1.82, 2.24) is 0 Å². The third kappa shape index (κ3) is 5.33. The smallest absolute Gasteiger partial charge is 0.344 e. The average Bonchev–Trinajstić information content (AvgIpc) is 3.40. The number of ether oxygens (including phenoxy) is 1. The average molecular weight is 549 g/mol. The molecule has 0 saturated carbocycles. The van der Waals surface area contributed by atoms with Gasteiger partial charge < -0.3 is 14.3 Å². The third-order valence-corrected chi connectivity index (χ3v) is 6.96. The van der Waals surface area contributed by atoms with Gasteiger partial charge in [0.1, 0.15) is 27.9 Å². The van der Waals surface area contributed by atoms with Gasteiger partial charge in [0.15, 0.2) is 0 Å². The highest BCUT2D eigenvalue weighted by Crippen LogP contribution is 2.40. The molecular weight excluding hydrogens is 533 g/mol. The number of aliphatic hydroxyl groups excluding tert-OH is 1. The number of esters is 1. The molecule has 2 aromatic carbocycles. The summed E-state index contributed by atoms with van der Waals surface area (Å²) in [7, 11) is 0. The fraction of sp³-hybridized carbons (Fsp3) is 0.0800. The van der Waals surface area contributed by atoms with Crippen molar-refractivity contribution in [3.05, 3.63) is 97.2 Å². The largest absolute Gasteiger partial charge is 0.506 e. The van der Waals surface area contributed by atoms with Crippen molar-refractivity contribution in [1.29, 1.82) is 0 Å². The minimum Gasteiger partial charge on any atom is -0.506 e. The molecule has 1 aliphatic rings. The van der Waals surface area contributed by atoms with E-state index >= 15 is 0 Å². The van der Waals surface area contributed by atoms with Crippen LogP contribution >= 0.6 is 46.6 Å². The molecule has 0 radical (unpaired) electrons. The molecule has 178 valence electrons. The van der Waals surface area contributed by atoms with Crippen LogP contribution in [0.3, 0.4) is 0 Å². The molecule has 0 fully saturated rings. The van der Waals surface area contributed by atoms with Gasteiger partial charge in [0, 0.05) is 5.56 Å². The Morgan fingerprint density at radius 3 is 2.54 bits per heavy atom. The van der Waals surface area contributed by atoms with Gasteiger partial charge in [-0.3, -0.25) is 4.79 Å². The molecule has 35 heavy (non-hydrogen) atoms. The predicted molar refractivity (Wildman–Crippen MR) is 139 cm³/mol. The number of thioether (sulfide) groups is 1. The number of hydrogen-bond donors (Lipinski definition) is 1. The van der Waals surface area contributed by atoms with Gasteiger partial charge in [0.2, 0.25) is 0 Å². The molecule has 1 aromatic heterocycles. The number of carbonyl (C=O) groups is 2. The Morgan fingerprint density at radius 2 is 1.80 bits per heavy atom. The summed E-state index contributed by atoms with van der Waals surface area (Å²) in [4.78, 5) is 29.6. The lowest BCUT2D eigenvalue weighted by Crippen LogP contribution is -2.14. The maximum Gasteiger partial charge on any atom is 0.344 e. The number of carbonyl (C=O) groups excluding carboxylic acids is 2. The van der Waals surface area contributed by atoms with E-state index in [1.807, 2.05) is 0 Å². The third-order valence-electron chi connectivity index (χ3n) is 4.79. The van der Waals surface area contributed by atoms with Crippen LogP contribution in [-0.4, -0.2) is 28.6 Å². The number of aliphatic hydroxyl groups is 1. The Hall–Kier alpha value is -2.97. The van der Waals surface area contributed by atoms with E-state index in [2.05, 4.69) is 4.99 Å². The van der Waals surface area contributed by atoms with E-state index in [1.54, 1.807) is 55.5 Å². The maximum absolute atomic E-state index is 12.7. The second kappa shape index (κ2) is 10.7. The van der Waals surface area contributed by atoms with Gasteiger partial charge in [-0.25, -0.2) is 9.79 Å². The van der Waals surface area contributed by atoms with Crippen LogP contribution in [0.5, 0.6) is 0 Å². The number of rotatable bonds is 5. The topological polar surface area (TPSA) is 89.1 Å². The summed E-state index contributed by atoms with van der Waals surface area (Å²) in [6.45, 7) is 1.71. The lowest BCUT2D eigenvalue weighted by molar-refractivity contribution is -0.138. The molecule has 2 heterocycles. The molecule has 1 N–H and O–H groups in total. The first-order valence-electron chi connectivity index (χ1n) is 10.2. The Kier molecular flexibility index (Phi) is 7.72. The number of benzene rings is 2. The van der Waals surface area contributed by atoms with Crippen LogP contribution in [0.25, 0.3) is 17.4 Å². The summed E-state index contributed by atoms with van der Waals surface area (Å²) in [5.41, 5.74) is 0.548. The van der Waals surface area contributed by atoms with Crippen LogP contribution in [0.2, 0.25) is 15.1 Å². The lowest BCUT2D eigenvalue weighted by Gasteiger charge is -2.04. The molecule has 4 rings (SSSR count). The van der Waals surface area contributed by atoms with Gasteiger partial charge >= 0.3 is 5.97 Å². The summed E-state index contributed by atoms with van der Waals surface area (Å²) in [5.74, 6) is -1.02. The van der Waals surface area contributed by atoms with E-state index in [4.69, 9.17) is 44.0 Å². The van der Waals surface area contributed by atoms with Gasteiger partial charge in [0.05, 0.1) is 32.1 Å². The SMILES string of the molecule is CCOC(=O)C1=C(O)/C(=C/c2ccc(-c3cccc(Cl)c3Cl)o2)SC1=NC(=O)c1ccccc1Cl. The first kappa shape index (κ1) is 25.1. The van der Waals surface area contributed by atoms with Crippen LogP contribution in [0.1, 0.15) is 23.0 Å². The van der Waals surface area contributed by atoms with Crippen molar-refractivity contribution in [2.75, 3.05) is 6.61 Å². The van der Waals surface area contributed by atoms with Crippen LogP contribution in [0.4, 0.5) is 0 Å². The minimum absolute atomic E-state index is 0.0122. The zero-order valence-corrected chi connectivity index (χ0v) is 21.1. The van der Waals surface area contributed by atoms with Crippen molar-refractivity contribution < 1.29 is 23.8 Å². The molecule has 0 bridgehead atoms. The number of aliphatic imine (C=N–C) groups is 1. The van der Waals surface area contributed by atoms with Crippen molar-refractivity contribution in [3.63, 3.8) is 0 Å². The van der Waals surface area contributed by atoms with E-state index < -0.39 is 11.9 Å². The van der Waals surface area contributed by atoms with E-state index in [-0.39, 0.29) is 38.5 Å². The fourth-order valence-corrected chi connectivity index (χ4v) is 4.78. The summed E-state index contributed by atoms with van der Waals surface area (Å²) >= 11 is 19.4. The first-order chi connectivity index (χ1) is 16.8. The fourth-order valence-electron chi connectivity index (χ4n) is 3.18. The van der Waals surface area contributed by atoms with Crippen molar-refractivity contribution in [2.45, 2.75) is 6.92 Å². The van der Waals surface area contributed by atoms with E-state index in [0.717, 1.165) is 11.8 Å². The zero-order chi connectivity index (χ0) is 25.1. The quantitative estimate of drug-likeness (QED) is 0.330. The molecular formula is C25H16Cl3NO5S. The number of halogens is 3. The second-order valence-corrected chi connectivity index (χ2v) is 9.28. The highest BCUT2D eigenvalue weighted by atomic mass is 35.5. The number of amides is 1. The molecule has 1 aliphatic heterocycles. The lowest BCUT2D eigenvalue weighted by atomic mass is 10.2. The zero-order valence-electron chi connectivity index (χ0n) is 18.1. The van der Waals surface area contributed by atoms with E-state index in [1.165, 1.54) is 12.1 Å². The van der Waals surface area contributed by atoms with Crippen LogP contribution in [0.15, 0.2) is 80.2 Å². The summed E-state index contributed by atoms with van der Waals surface area (Å²) in [6.07, 6.45) is 1.52. The highest BCUT2D eigenvalue weighted by Gasteiger charge is 2.34. The van der Waals surface area contributed by atoms with Crippen molar-refractivity contribution in [3.8, 4) is 11.3 Å². The predicted octanol–water partition coefficient (Wildman–Crippen LogP) is 7.61. The van der Waals surface area contributed by atoms with Crippen LogP contribution in [-0.2, 0) is 9.53 Å². The van der Waals surface area contributed by atoms with Gasteiger partial charge in [0.25, 0.3) is 5.91 Å². The van der Waals surface area contributed by atoms with Gasteiger partial charge in [-0.1, -0.05) is 64.8 Å². The molecule has 1 amide bonds. The van der Waals surface area contributed by atoms with Crippen LogP contribution < -0.4 is 0 Å². The number of furan rings is 1. The monoisotopic (exact) mass is 547 g/mol. The minimum atomic E-state index is -0.808. The Balaban J connectivity index is 1.71. The summed E-state index contributed by atoms with van der Waals surface area (Å²) in [6, 6.07) is 14.9. The van der Waals surface area contributed by atoms with Crippen LogP contribution in [0, 0.1) is 0 Å². The molecule has 0 spiro atoms. The van der Waals surface area contributed by atoms with Gasteiger partial charge in [-0.2, -0.15) is 0 Å². The molecule has 0 unspecified atom stereocenters. The molecule has 3 aromatic rings. The van der Waals surface area contributed by atoms with E-state index in [0.29, 0.717) is 27.1 Å². The molecule has 0 atom stereocenters. The number of nitrogens with zero attached hydrogens (tertiary/aromatic N) is 1. The maximum atomic E-state index is 12.7. The standard InChI is InChI=1S/C25H16Cl3NO5S/c1-2-33-25(32)20-22(30)19(35-24(20)29-23(31)14-6-3-4-8-16(14)26)12-13-10-11-18(34-13)15-7-5-9-17(27)21(15)28/h3-12,30H,2H2,1H3/b19-12-,29-24?. The molecule has 0 saturated heterocycles. The normalized spacial score (nSPS) is 15.8. The summed E-state index contributed by atoms with van der Waals surface area (Å²) < 4.78 is 10.9.